The molecule has 0 radical (unpaired) electrons. The van der Waals surface area contributed by atoms with E-state index in [4.69, 9.17) is 10.8 Å². The van der Waals surface area contributed by atoms with Gasteiger partial charge in [-0.1, -0.05) is 12.2 Å². The molecule has 2 heteroatoms. The van der Waals surface area contributed by atoms with Crippen LogP contribution in [0.1, 0.15) is 6.92 Å². The molecule has 0 aliphatic heterocycles. The van der Waals surface area contributed by atoms with E-state index >= 15 is 0 Å². The fraction of sp³-hybridized carbons (Fsp3) is 0.143. The van der Waals surface area contributed by atoms with Crippen molar-refractivity contribution >= 4 is 0 Å². The highest BCUT2D eigenvalue weighted by molar-refractivity contribution is 5.11. The first-order chi connectivity index (χ1) is 4.27. The van der Waals surface area contributed by atoms with Crippen molar-refractivity contribution in [3.63, 3.8) is 0 Å². The van der Waals surface area contributed by atoms with Gasteiger partial charge in [0, 0.05) is 0 Å². The van der Waals surface area contributed by atoms with Crippen molar-refractivity contribution in [3.05, 3.63) is 36.3 Å². The molecule has 0 atom stereocenters. The molecule has 0 rings (SSSR count). The van der Waals surface area contributed by atoms with Crippen molar-refractivity contribution in [2.75, 3.05) is 0 Å². The lowest BCUT2D eigenvalue weighted by molar-refractivity contribution is 0.414. The Morgan fingerprint density at radius 2 is 2.00 bits per heavy atom. The Bertz CT molecular complexity index is 141. The lowest BCUT2D eigenvalue weighted by Gasteiger charge is -1.79. The van der Waals surface area contributed by atoms with Crippen LogP contribution in [0.4, 0.5) is 0 Å². The number of aliphatic hydroxyl groups is 1. The Morgan fingerprint density at radius 1 is 1.33 bits per heavy atom. The third-order valence-electron chi connectivity index (χ3n) is 0.671. The van der Waals surface area contributed by atoms with Gasteiger partial charge in [0.15, 0.2) is 0 Å². The van der Waals surface area contributed by atoms with E-state index < -0.39 is 0 Å². The van der Waals surface area contributed by atoms with Crippen LogP contribution in [0.25, 0.3) is 0 Å². The highest BCUT2D eigenvalue weighted by Crippen LogP contribution is 1.84. The van der Waals surface area contributed by atoms with Gasteiger partial charge < -0.3 is 10.8 Å². The van der Waals surface area contributed by atoms with Crippen molar-refractivity contribution < 1.29 is 5.11 Å². The third kappa shape index (κ3) is 6.82. The Balaban J connectivity index is 3.60. The van der Waals surface area contributed by atoms with Crippen LogP contribution in [0.15, 0.2) is 36.3 Å². The largest absolute Gasteiger partial charge is 0.513 e. The second kappa shape index (κ2) is 4.97. The topological polar surface area (TPSA) is 46.2 Å². The van der Waals surface area contributed by atoms with Gasteiger partial charge >= 0.3 is 0 Å². The van der Waals surface area contributed by atoms with Crippen LogP contribution in [-0.4, -0.2) is 5.11 Å². The van der Waals surface area contributed by atoms with Crippen molar-refractivity contribution in [2.24, 2.45) is 5.73 Å². The summed E-state index contributed by atoms with van der Waals surface area (Å²) in [7, 11) is 0. The number of aliphatic hydroxyl groups excluding tert-OH is 1. The minimum atomic E-state index is 0.289. The highest BCUT2D eigenvalue weighted by Gasteiger charge is 1.69. The maximum absolute atomic E-state index is 8.61. The van der Waals surface area contributed by atoms with Crippen LogP contribution in [0.2, 0.25) is 0 Å². The molecule has 0 fully saturated rings. The van der Waals surface area contributed by atoms with Gasteiger partial charge in [0.2, 0.25) is 0 Å². The predicted octanol–water partition coefficient (Wildman–Crippen LogP) is 1.48. The second-order valence-electron chi connectivity index (χ2n) is 1.58. The molecule has 0 aromatic heterocycles. The zero-order chi connectivity index (χ0) is 7.11. The molecule has 50 valence electrons. The average molecular weight is 125 g/mol. The van der Waals surface area contributed by atoms with Gasteiger partial charge in [-0.2, -0.15) is 0 Å². The SMILES string of the molecule is C\C(O)=C/C=C\C=C\N. The molecule has 0 bridgehead atoms. The van der Waals surface area contributed by atoms with Gasteiger partial charge in [0.05, 0.1) is 5.76 Å². The van der Waals surface area contributed by atoms with Gasteiger partial charge in [-0.25, -0.2) is 0 Å². The lowest BCUT2D eigenvalue weighted by atomic mass is 10.4. The third-order valence-corrected chi connectivity index (χ3v) is 0.671. The predicted molar refractivity (Wildman–Crippen MR) is 38.9 cm³/mol. The zero-order valence-electron chi connectivity index (χ0n) is 5.41. The van der Waals surface area contributed by atoms with E-state index in [2.05, 4.69) is 0 Å². The van der Waals surface area contributed by atoms with E-state index in [1.54, 1.807) is 31.2 Å². The monoisotopic (exact) mass is 125 g/mol. The Morgan fingerprint density at radius 3 is 2.44 bits per heavy atom. The molecule has 0 spiro atoms. The summed E-state index contributed by atoms with van der Waals surface area (Å²) in [5.41, 5.74) is 5.03. The molecule has 0 aliphatic carbocycles. The van der Waals surface area contributed by atoms with Gasteiger partial charge in [-0.05, 0) is 25.3 Å². The summed E-state index contributed by atoms with van der Waals surface area (Å²) < 4.78 is 0. The van der Waals surface area contributed by atoms with Crippen LogP contribution in [0, 0.1) is 0 Å². The lowest BCUT2D eigenvalue weighted by Crippen LogP contribution is -1.72. The number of hydrogen-bond acceptors (Lipinski definition) is 2. The van der Waals surface area contributed by atoms with Crippen LogP contribution < -0.4 is 5.73 Å². The Hall–Kier alpha value is -1.18. The maximum atomic E-state index is 8.61. The molecular formula is C7H11NO. The summed E-state index contributed by atoms with van der Waals surface area (Å²) in [6.45, 7) is 1.61. The van der Waals surface area contributed by atoms with Crippen molar-refractivity contribution in [3.8, 4) is 0 Å². The Kier molecular flexibility index (Phi) is 4.32. The van der Waals surface area contributed by atoms with Crippen molar-refractivity contribution in [1.29, 1.82) is 0 Å². The van der Waals surface area contributed by atoms with Crippen molar-refractivity contribution in [2.45, 2.75) is 6.92 Å². The smallest absolute Gasteiger partial charge is 0.0891 e. The molecule has 9 heavy (non-hydrogen) atoms. The van der Waals surface area contributed by atoms with E-state index in [1.807, 2.05) is 0 Å². The van der Waals surface area contributed by atoms with E-state index in [1.165, 1.54) is 6.20 Å². The Labute approximate surface area is 55.0 Å². The molecule has 0 unspecified atom stereocenters. The van der Waals surface area contributed by atoms with Gasteiger partial charge in [-0.15, -0.1) is 0 Å². The molecule has 2 nitrogen and oxygen atoms in total. The normalized spacial score (nSPS) is 13.7. The summed E-state index contributed by atoms with van der Waals surface area (Å²) in [4.78, 5) is 0. The summed E-state index contributed by atoms with van der Waals surface area (Å²) >= 11 is 0. The summed E-state index contributed by atoms with van der Waals surface area (Å²) in [5.74, 6) is 0.289. The molecule has 0 aliphatic rings. The fourth-order valence-electron chi connectivity index (χ4n) is 0.323. The molecule has 0 aromatic carbocycles. The first kappa shape index (κ1) is 7.82. The van der Waals surface area contributed by atoms with E-state index in [9.17, 15) is 0 Å². The number of hydrogen-bond donors (Lipinski definition) is 2. The molecule has 0 aromatic rings. The van der Waals surface area contributed by atoms with Crippen LogP contribution >= 0.6 is 0 Å². The molecular weight excluding hydrogens is 114 g/mol. The van der Waals surface area contributed by atoms with Gasteiger partial charge in [-0.3, -0.25) is 0 Å². The van der Waals surface area contributed by atoms with Crippen molar-refractivity contribution in [1.82, 2.24) is 0 Å². The van der Waals surface area contributed by atoms with Crippen LogP contribution in [0.5, 0.6) is 0 Å². The van der Waals surface area contributed by atoms with E-state index in [0.29, 0.717) is 0 Å². The number of rotatable bonds is 2. The molecule has 0 amide bonds. The van der Waals surface area contributed by atoms with E-state index in [0.717, 1.165) is 0 Å². The van der Waals surface area contributed by atoms with Gasteiger partial charge in [0.25, 0.3) is 0 Å². The second-order valence-corrected chi connectivity index (χ2v) is 1.58. The quantitative estimate of drug-likeness (QED) is 0.433. The van der Waals surface area contributed by atoms with Gasteiger partial charge in [0.1, 0.15) is 0 Å². The summed E-state index contributed by atoms with van der Waals surface area (Å²) in [6.07, 6.45) is 8.13. The highest BCUT2D eigenvalue weighted by atomic mass is 16.3. The first-order valence-corrected chi connectivity index (χ1v) is 2.68. The van der Waals surface area contributed by atoms with Crippen LogP contribution in [0.3, 0.4) is 0 Å². The number of allylic oxidation sites excluding steroid dienone is 5. The van der Waals surface area contributed by atoms with Crippen LogP contribution in [-0.2, 0) is 0 Å². The molecule has 0 saturated heterocycles. The summed E-state index contributed by atoms with van der Waals surface area (Å²) in [5, 5.41) is 8.61. The minimum absolute atomic E-state index is 0.289. The first-order valence-electron chi connectivity index (χ1n) is 2.68. The maximum Gasteiger partial charge on any atom is 0.0891 e. The molecule has 0 heterocycles. The average Bonchev–Trinajstić information content (AvgIpc) is 1.80. The van der Waals surface area contributed by atoms with E-state index in [-0.39, 0.29) is 5.76 Å². The molecule has 0 saturated carbocycles. The standard InChI is InChI=1S/C7H11NO/c1-7(9)5-3-2-4-6-8/h2-6,9H,8H2,1H3/b3-2-,6-4+,7-5+. The zero-order valence-corrected chi connectivity index (χ0v) is 5.41. The number of nitrogens with two attached hydrogens (primary N) is 1. The molecule has 3 N–H and O–H groups in total. The minimum Gasteiger partial charge on any atom is -0.513 e. The fourth-order valence-corrected chi connectivity index (χ4v) is 0.323. The summed E-state index contributed by atoms with van der Waals surface area (Å²) in [6, 6.07) is 0.